The van der Waals surface area contributed by atoms with E-state index in [1.165, 1.54) is 18.4 Å². The third-order valence-electron chi connectivity index (χ3n) is 2.99. The Morgan fingerprint density at radius 1 is 1.31 bits per heavy atom. The molecule has 16 heavy (non-hydrogen) atoms. The highest BCUT2D eigenvalue weighted by molar-refractivity contribution is 5.29. The number of hydrogen-bond acceptors (Lipinski definition) is 3. The maximum Gasteiger partial charge on any atom is 0.188 e. The Bertz CT molecular complexity index is 304. The van der Waals surface area contributed by atoms with Gasteiger partial charge in [0.2, 0.25) is 0 Å². The van der Waals surface area contributed by atoms with Gasteiger partial charge in [-0.05, 0) is 43.0 Å². The Morgan fingerprint density at radius 2 is 2.12 bits per heavy atom. The minimum absolute atomic E-state index is 0.310. The molecule has 1 N–H and O–H groups in total. The summed E-state index contributed by atoms with van der Waals surface area (Å²) in [6.45, 7) is 2.56. The number of piperidine rings is 1. The number of benzene rings is 1. The van der Waals surface area contributed by atoms with Gasteiger partial charge in [-0.1, -0.05) is 12.1 Å². The summed E-state index contributed by atoms with van der Waals surface area (Å²) in [6, 6.07) is 8.34. The van der Waals surface area contributed by atoms with Crippen LogP contribution in [0.4, 0.5) is 0 Å². The van der Waals surface area contributed by atoms with E-state index in [4.69, 9.17) is 9.47 Å². The highest BCUT2D eigenvalue weighted by Gasteiger charge is 2.14. The van der Waals surface area contributed by atoms with Gasteiger partial charge in [-0.3, -0.25) is 0 Å². The van der Waals surface area contributed by atoms with Crippen molar-refractivity contribution >= 4 is 0 Å². The molecule has 0 aliphatic carbocycles. The molecule has 1 saturated heterocycles. The first-order chi connectivity index (χ1) is 7.90. The molecule has 1 fully saturated rings. The fraction of sp³-hybridized carbons (Fsp3) is 0.538. The van der Waals surface area contributed by atoms with Crippen LogP contribution in [0.3, 0.4) is 0 Å². The van der Waals surface area contributed by atoms with Gasteiger partial charge >= 0.3 is 0 Å². The Balaban J connectivity index is 1.95. The molecule has 3 nitrogen and oxygen atoms in total. The minimum atomic E-state index is 0.310. The second kappa shape index (κ2) is 5.87. The van der Waals surface area contributed by atoms with Crippen molar-refractivity contribution in [3.63, 3.8) is 0 Å². The minimum Gasteiger partial charge on any atom is -0.468 e. The highest BCUT2D eigenvalue weighted by atomic mass is 16.7. The monoisotopic (exact) mass is 221 g/mol. The molecule has 0 aromatic heterocycles. The van der Waals surface area contributed by atoms with E-state index in [0.29, 0.717) is 12.7 Å². The standard InChI is InChI=1S/C13H19NO2/c1-15-10-16-13-6-4-11(5-7-13)12-3-2-8-14-9-12/h4-7,12,14H,2-3,8-10H2,1H3. The lowest BCUT2D eigenvalue weighted by Gasteiger charge is -2.23. The van der Waals surface area contributed by atoms with E-state index in [-0.39, 0.29) is 0 Å². The zero-order chi connectivity index (χ0) is 11.2. The molecule has 1 aromatic rings. The van der Waals surface area contributed by atoms with E-state index in [2.05, 4.69) is 17.4 Å². The van der Waals surface area contributed by atoms with Crippen LogP contribution >= 0.6 is 0 Å². The van der Waals surface area contributed by atoms with Crippen LogP contribution in [0.25, 0.3) is 0 Å². The van der Waals surface area contributed by atoms with Crippen molar-refractivity contribution in [1.82, 2.24) is 5.32 Å². The summed E-state index contributed by atoms with van der Waals surface area (Å²) in [4.78, 5) is 0. The summed E-state index contributed by atoms with van der Waals surface area (Å²) < 4.78 is 10.2. The van der Waals surface area contributed by atoms with Gasteiger partial charge in [0.05, 0.1) is 0 Å². The van der Waals surface area contributed by atoms with E-state index in [1.54, 1.807) is 7.11 Å². The summed E-state index contributed by atoms with van der Waals surface area (Å²) >= 11 is 0. The molecule has 1 heterocycles. The maximum absolute atomic E-state index is 5.36. The van der Waals surface area contributed by atoms with E-state index in [9.17, 15) is 0 Å². The number of rotatable bonds is 4. The zero-order valence-corrected chi connectivity index (χ0v) is 9.74. The van der Waals surface area contributed by atoms with Crippen LogP contribution in [0, 0.1) is 0 Å². The molecule has 0 radical (unpaired) electrons. The van der Waals surface area contributed by atoms with Crippen molar-refractivity contribution in [2.45, 2.75) is 18.8 Å². The van der Waals surface area contributed by atoms with E-state index >= 15 is 0 Å². The molecule has 1 unspecified atom stereocenters. The molecule has 0 spiro atoms. The van der Waals surface area contributed by atoms with E-state index in [1.807, 2.05) is 12.1 Å². The fourth-order valence-corrected chi connectivity index (χ4v) is 2.10. The molecule has 88 valence electrons. The zero-order valence-electron chi connectivity index (χ0n) is 9.74. The van der Waals surface area contributed by atoms with Gasteiger partial charge in [-0.15, -0.1) is 0 Å². The van der Waals surface area contributed by atoms with Crippen molar-refractivity contribution in [3.8, 4) is 5.75 Å². The summed E-state index contributed by atoms with van der Waals surface area (Å²) in [5, 5.41) is 3.43. The van der Waals surface area contributed by atoms with E-state index in [0.717, 1.165) is 18.8 Å². The van der Waals surface area contributed by atoms with Crippen molar-refractivity contribution < 1.29 is 9.47 Å². The summed E-state index contributed by atoms with van der Waals surface area (Å²) in [7, 11) is 1.63. The lowest BCUT2D eigenvalue weighted by molar-refractivity contribution is 0.0511. The van der Waals surface area contributed by atoms with Gasteiger partial charge in [0.25, 0.3) is 0 Å². The summed E-state index contributed by atoms with van der Waals surface area (Å²) in [5.41, 5.74) is 1.40. The summed E-state index contributed by atoms with van der Waals surface area (Å²) in [6.07, 6.45) is 2.55. The van der Waals surface area contributed by atoms with Crippen LogP contribution < -0.4 is 10.1 Å². The molecular weight excluding hydrogens is 202 g/mol. The highest BCUT2D eigenvalue weighted by Crippen LogP contribution is 2.24. The number of ether oxygens (including phenoxy) is 2. The number of nitrogens with one attached hydrogen (secondary N) is 1. The lowest BCUT2D eigenvalue weighted by atomic mass is 9.92. The van der Waals surface area contributed by atoms with Crippen molar-refractivity contribution in [3.05, 3.63) is 29.8 Å². The number of hydrogen-bond donors (Lipinski definition) is 1. The largest absolute Gasteiger partial charge is 0.468 e. The normalized spacial score (nSPS) is 20.7. The molecule has 1 atom stereocenters. The molecule has 1 aliphatic rings. The van der Waals surface area contributed by atoms with Crippen molar-refractivity contribution in [1.29, 1.82) is 0 Å². The van der Waals surface area contributed by atoms with Crippen molar-refractivity contribution in [2.75, 3.05) is 27.0 Å². The predicted octanol–water partition coefficient (Wildman–Crippen LogP) is 2.14. The topological polar surface area (TPSA) is 30.5 Å². The first-order valence-corrected chi connectivity index (χ1v) is 5.82. The molecule has 1 aromatic carbocycles. The second-order valence-electron chi connectivity index (χ2n) is 4.16. The van der Waals surface area contributed by atoms with E-state index < -0.39 is 0 Å². The smallest absolute Gasteiger partial charge is 0.188 e. The number of methoxy groups -OCH3 is 1. The maximum atomic E-state index is 5.36. The van der Waals surface area contributed by atoms with Gasteiger partial charge in [-0.2, -0.15) is 0 Å². The Kier molecular flexibility index (Phi) is 4.19. The van der Waals surface area contributed by atoms with Crippen LogP contribution in [0.2, 0.25) is 0 Å². The first-order valence-electron chi connectivity index (χ1n) is 5.82. The molecule has 1 aliphatic heterocycles. The van der Waals surface area contributed by atoms with Gasteiger partial charge in [0.1, 0.15) is 5.75 Å². The molecule has 0 amide bonds. The molecule has 2 rings (SSSR count). The van der Waals surface area contributed by atoms with Crippen LogP contribution in [0.15, 0.2) is 24.3 Å². The van der Waals surface area contributed by atoms with Gasteiger partial charge < -0.3 is 14.8 Å². The first kappa shape index (κ1) is 11.4. The average Bonchev–Trinajstić information content (AvgIpc) is 2.38. The Morgan fingerprint density at radius 3 is 2.75 bits per heavy atom. The van der Waals surface area contributed by atoms with Crippen LogP contribution in [0.5, 0.6) is 5.75 Å². The predicted molar refractivity (Wildman–Crippen MR) is 63.8 cm³/mol. The average molecular weight is 221 g/mol. The van der Waals surface area contributed by atoms with Crippen molar-refractivity contribution in [2.24, 2.45) is 0 Å². The summed E-state index contributed by atoms with van der Waals surface area (Å²) in [5.74, 6) is 1.53. The van der Waals surface area contributed by atoms with Gasteiger partial charge in [0.15, 0.2) is 6.79 Å². The quantitative estimate of drug-likeness (QED) is 0.790. The fourth-order valence-electron chi connectivity index (χ4n) is 2.10. The van der Waals surface area contributed by atoms with Crippen LogP contribution in [0.1, 0.15) is 24.3 Å². The van der Waals surface area contributed by atoms with Crippen LogP contribution in [-0.4, -0.2) is 27.0 Å². The lowest BCUT2D eigenvalue weighted by Crippen LogP contribution is -2.28. The third-order valence-corrected chi connectivity index (χ3v) is 2.99. The molecule has 0 saturated carbocycles. The van der Waals surface area contributed by atoms with Gasteiger partial charge in [-0.25, -0.2) is 0 Å². The Hall–Kier alpha value is -1.06. The molecule has 0 bridgehead atoms. The third kappa shape index (κ3) is 2.97. The molecule has 3 heteroatoms. The second-order valence-corrected chi connectivity index (χ2v) is 4.16. The SMILES string of the molecule is COCOc1ccc(C2CCCNC2)cc1. The van der Waals surface area contributed by atoms with Gasteiger partial charge in [0, 0.05) is 13.7 Å². The Labute approximate surface area is 96.8 Å². The molecular formula is C13H19NO2. The van der Waals surface area contributed by atoms with Crippen LogP contribution in [-0.2, 0) is 4.74 Å².